The van der Waals surface area contributed by atoms with Crippen molar-refractivity contribution >= 4 is 40.8 Å². The van der Waals surface area contributed by atoms with Crippen molar-refractivity contribution in [2.45, 2.75) is 38.6 Å². The van der Waals surface area contributed by atoms with Crippen molar-refractivity contribution in [3.63, 3.8) is 0 Å². The average molecular weight is 530 g/mol. The van der Waals surface area contributed by atoms with Crippen molar-refractivity contribution in [1.82, 2.24) is 10.0 Å². The van der Waals surface area contributed by atoms with Gasteiger partial charge in [-0.3, -0.25) is 29.3 Å². The van der Waals surface area contributed by atoms with Gasteiger partial charge in [0.25, 0.3) is 23.4 Å². The van der Waals surface area contributed by atoms with Crippen molar-refractivity contribution in [2.75, 3.05) is 5.88 Å². The number of carbonyl (C=O) groups is 4. The van der Waals surface area contributed by atoms with Crippen LogP contribution in [0.4, 0.5) is 10.1 Å². The molecule has 37 heavy (non-hydrogen) atoms. The van der Waals surface area contributed by atoms with Gasteiger partial charge in [0, 0.05) is 29.1 Å². The molecule has 2 aliphatic rings. The lowest BCUT2D eigenvalue weighted by Gasteiger charge is -2.36. The van der Waals surface area contributed by atoms with Gasteiger partial charge in [-0.25, -0.2) is 9.40 Å². The van der Waals surface area contributed by atoms with Crippen molar-refractivity contribution < 1.29 is 28.5 Å². The van der Waals surface area contributed by atoms with Gasteiger partial charge in [0.15, 0.2) is 5.78 Å². The number of amides is 3. The number of imide groups is 1. The number of nitrogens with zero attached hydrogens (tertiary/aromatic N) is 3. The lowest BCUT2D eigenvalue weighted by Crippen LogP contribution is -2.57. The number of hydrogen-bond donors (Lipinski definition) is 0. The van der Waals surface area contributed by atoms with Gasteiger partial charge in [0.2, 0.25) is 0 Å². The fraction of sp³-hybridized carbons (Fsp3) is 0.385. The maximum Gasteiger partial charge on any atom is 0.273 e. The van der Waals surface area contributed by atoms with Crippen LogP contribution in [-0.2, 0) is 9.59 Å². The highest BCUT2D eigenvalue weighted by Gasteiger charge is 2.54. The molecule has 1 heterocycles. The molecule has 0 radical (unpaired) electrons. The van der Waals surface area contributed by atoms with E-state index in [4.69, 9.17) is 11.6 Å². The maximum absolute atomic E-state index is 13.8. The minimum absolute atomic E-state index is 0.0547. The van der Waals surface area contributed by atoms with Gasteiger partial charge in [-0.05, 0) is 68.0 Å². The van der Waals surface area contributed by atoms with Crippen molar-refractivity contribution in [3.05, 3.63) is 75.6 Å². The summed E-state index contributed by atoms with van der Waals surface area (Å²) in [5.74, 6) is -4.25. The summed E-state index contributed by atoms with van der Waals surface area (Å²) in [5.41, 5.74) is -0.236. The summed E-state index contributed by atoms with van der Waals surface area (Å²) in [4.78, 5) is 64.9. The van der Waals surface area contributed by atoms with Crippen molar-refractivity contribution in [1.29, 1.82) is 0 Å². The van der Waals surface area contributed by atoms with E-state index in [1.54, 1.807) is 0 Å². The molecule has 3 amide bonds. The summed E-state index contributed by atoms with van der Waals surface area (Å²) >= 11 is 6.01. The Bertz CT molecular complexity index is 1240. The predicted molar refractivity (Wildman–Crippen MR) is 131 cm³/mol. The van der Waals surface area contributed by atoms with E-state index in [-0.39, 0.29) is 35.0 Å². The fourth-order valence-electron chi connectivity index (χ4n) is 5.09. The van der Waals surface area contributed by atoms with Gasteiger partial charge in [0.05, 0.1) is 16.8 Å². The number of nitro benzene ring substituents is 1. The minimum Gasteiger partial charge on any atom is -0.292 e. The van der Waals surface area contributed by atoms with E-state index in [0.717, 1.165) is 40.7 Å². The molecule has 0 N–H and O–H groups in total. The molecule has 0 spiro atoms. The van der Waals surface area contributed by atoms with E-state index in [9.17, 15) is 33.7 Å². The molecular weight excluding hydrogens is 505 g/mol. The second-order valence-corrected chi connectivity index (χ2v) is 9.82. The third-order valence-corrected chi connectivity index (χ3v) is 7.24. The van der Waals surface area contributed by atoms with Crippen LogP contribution < -0.4 is 0 Å². The average Bonchev–Trinajstić information content (AvgIpc) is 3.12. The Morgan fingerprint density at radius 2 is 1.65 bits per heavy atom. The fourth-order valence-corrected chi connectivity index (χ4v) is 5.30. The van der Waals surface area contributed by atoms with Gasteiger partial charge in [-0.15, -0.1) is 11.6 Å². The zero-order valence-corrected chi connectivity index (χ0v) is 20.8. The number of alkyl halides is 1. The molecule has 1 aliphatic heterocycles. The van der Waals surface area contributed by atoms with E-state index in [2.05, 4.69) is 0 Å². The van der Waals surface area contributed by atoms with E-state index in [1.165, 1.54) is 24.3 Å². The van der Waals surface area contributed by atoms with Crippen molar-refractivity contribution in [3.8, 4) is 0 Å². The Labute approximate surface area is 217 Å². The number of non-ortho nitro benzene ring substituents is 1. The third kappa shape index (κ3) is 5.11. The van der Waals surface area contributed by atoms with Crippen LogP contribution in [0.25, 0.3) is 0 Å². The second-order valence-electron chi connectivity index (χ2n) is 9.44. The SMILES string of the molecule is C[C@@H]1CC[C@@H]2C(=O)N(N(C(=O)c3ccc([N+](=O)[O-])cc3)[C@@H](CCCl)C(=O)c3ccc(F)cc3)C(=O)[C@H]2C1. The first kappa shape index (κ1) is 26.4. The van der Waals surface area contributed by atoms with Crippen molar-refractivity contribution in [2.24, 2.45) is 17.8 Å². The van der Waals surface area contributed by atoms with Gasteiger partial charge in [-0.2, -0.15) is 5.01 Å². The molecule has 1 aliphatic carbocycles. The highest BCUT2D eigenvalue weighted by atomic mass is 35.5. The molecule has 2 aromatic rings. The molecule has 1 saturated carbocycles. The molecule has 2 fully saturated rings. The van der Waals surface area contributed by atoms with Crippen LogP contribution in [0.3, 0.4) is 0 Å². The van der Waals surface area contributed by atoms with E-state index in [0.29, 0.717) is 12.8 Å². The predicted octanol–water partition coefficient (Wildman–Crippen LogP) is 4.39. The van der Waals surface area contributed by atoms with Crippen LogP contribution in [0.2, 0.25) is 0 Å². The maximum atomic E-state index is 13.8. The monoisotopic (exact) mass is 529 g/mol. The first-order valence-corrected chi connectivity index (χ1v) is 12.5. The summed E-state index contributed by atoms with van der Waals surface area (Å²) in [6.07, 6.45) is 1.62. The van der Waals surface area contributed by atoms with Gasteiger partial charge < -0.3 is 0 Å². The smallest absolute Gasteiger partial charge is 0.273 e. The molecule has 0 aromatic heterocycles. The minimum atomic E-state index is -1.35. The number of hydrogen-bond acceptors (Lipinski definition) is 6. The molecule has 2 aromatic carbocycles. The molecule has 4 rings (SSSR count). The quantitative estimate of drug-likeness (QED) is 0.164. The number of rotatable bonds is 8. The highest BCUT2D eigenvalue weighted by molar-refractivity contribution is 6.18. The van der Waals surface area contributed by atoms with E-state index >= 15 is 0 Å². The zero-order valence-electron chi connectivity index (χ0n) is 20.0. The zero-order chi connectivity index (χ0) is 26.9. The summed E-state index contributed by atoms with van der Waals surface area (Å²) in [5, 5.41) is 12.7. The number of benzene rings is 2. The number of carbonyl (C=O) groups excluding carboxylic acids is 4. The molecule has 0 bridgehead atoms. The number of hydrazine groups is 1. The molecule has 9 nitrogen and oxygen atoms in total. The lowest BCUT2D eigenvalue weighted by molar-refractivity contribution is -0.384. The Morgan fingerprint density at radius 1 is 1.05 bits per heavy atom. The molecule has 11 heteroatoms. The second kappa shape index (κ2) is 10.8. The van der Waals surface area contributed by atoms with Crippen LogP contribution in [0, 0.1) is 33.7 Å². The largest absolute Gasteiger partial charge is 0.292 e. The molecular formula is C26H25ClFN3O6. The molecule has 194 valence electrons. The summed E-state index contributed by atoms with van der Waals surface area (Å²) in [6, 6.07) is 7.99. The van der Waals surface area contributed by atoms with E-state index < -0.39 is 52.1 Å². The Hall–Kier alpha value is -3.66. The van der Waals surface area contributed by atoms with Gasteiger partial charge in [-0.1, -0.05) is 6.92 Å². The normalized spacial score (nSPS) is 21.9. The third-order valence-electron chi connectivity index (χ3n) is 7.02. The Morgan fingerprint density at radius 3 is 2.24 bits per heavy atom. The number of ketones is 1. The molecule has 1 saturated heterocycles. The van der Waals surface area contributed by atoms with E-state index in [1.807, 2.05) is 6.92 Å². The van der Waals surface area contributed by atoms with Crippen LogP contribution in [0.5, 0.6) is 0 Å². The molecule has 0 unspecified atom stereocenters. The first-order chi connectivity index (χ1) is 17.6. The topological polar surface area (TPSA) is 118 Å². The Kier molecular flexibility index (Phi) is 7.68. The highest BCUT2D eigenvalue weighted by Crippen LogP contribution is 2.42. The summed E-state index contributed by atoms with van der Waals surface area (Å²) in [7, 11) is 0. The number of Topliss-reactive ketones (excluding diaryl/α,β-unsaturated/α-hetero) is 1. The number of halogens is 2. The van der Waals surface area contributed by atoms with Gasteiger partial charge >= 0.3 is 0 Å². The number of fused-ring (bicyclic) bond motifs is 1. The standard InChI is InChI=1S/C26H25ClFN3O6/c1-15-2-11-20-21(14-15)26(35)30(25(20)34)29(24(33)17-5-9-19(10-6-17)31(36)37)22(12-13-27)23(32)16-3-7-18(28)8-4-16/h3-10,15,20-22H,2,11-14H2,1H3/t15-,20+,21+,22+/m1/s1. The molecule has 4 atom stereocenters. The van der Waals surface area contributed by atoms with Crippen LogP contribution in [-0.4, -0.2) is 50.4 Å². The first-order valence-electron chi connectivity index (χ1n) is 12.0. The lowest BCUT2D eigenvalue weighted by atomic mass is 9.76. The van der Waals surface area contributed by atoms with Gasteiger partial charge in [0.1, 0.15) is 11.9 Å². The van der Waals surface area contributed by atoms with Crippen LogP contribution in [0.15, 0.2) is 48.5 Å². The summed E-state index contributed by atoms with van der Waals surface area (Å²) < 4.78 is 13.5. The van der Waals surface area contributed by atoms with Crippen LogP contribution in [0.1, 0.15) is 53.3 Å². The summed E-state index contributed by atoms with van der Waals surface area (Å²) in [6.45, 7) is 1.99. The number of nitro groups is 1. The Balaban J connectivity index is 1.80. The van der Waals surface area contributed by atoms with Crippen LogP contribution >= 0.6 is 11.6 Å².